The number of hydrogen-bond acceptors (Lipinski definition) is 7. The van der Waals surface area contributed by atoms with Crippen LogP contribution in [0.2, 0.25) is 0 Å². The molecule has 8 heteroatoms. The second kappa shape index (κ2) is 8.49. The molecule has 1 unspecified atom stereocenters. The predicted molar refractivity (Wildman–Crippen MR) is 106 cm³/mol. The number of anilines is 1. The number of amides is 1. The highest BCUT2D eigenvalue weighted by Gasteiger charge is 2.23. The van der Waals surface area contributed by atoms with E-state index in [1.165, 1.54) is 17.7 Å². The van der Waals surface area contributed by atoms with E-state index in [4.69, 9.17) is 9.15 Å². The Morgan fingerprint density at radius 2 is 2.26 bits per heavy atom. The monoisotopic (exact) mass is 388 g/mol. The van der Waals surface area contributed by atoms with Crippen LogP contribution in [-0.4, -0.2) is 47.6 Å². The number of fused-ring (bicyclic) bond motifs is 1. The van der Waals surface area contributed by atoms with E-state index in [1.807, 2.05) is 19.1 Å². The number of thiophene rings is 1. The van der Waals surface area contributed by atoms with E-state index in [1.54, 1.807) is 25.3 Å². The molecule has 0 aliphatic carbocycles. The van der Waals surface area contributed by atoms with Crippen molar-refractivity contribution in [1.82, 2.24) is 14.9 Å². The lowest BCUT2D eigenvalue weighted by Gasteiger charge is -2.17. The number of nitrogens with zero attached hydrogens (tertiary/aromatic N) is 3. The molecule has 0 saturated heterocycles. The molecule has 0 aromatic carbocycles. The molecule has 3 heterocycles. The van der Waals surface area contributed by atoms with Gasteiger partial charge in [-0.1, -0.05) is 6.92 Å². The summed E-state index contributed by atoms with van der Waals surface area (Å²) in [4.78, 5) is 24.8. The van der Waals surface area contributed by atoms with Crippen molar-refractivity contribution in [2.24, 2.45) is 0 Å². The molecule has 1 N–H and O–H groups in total. The third-order valence-corrected chi connectivity index (χ3v) is 5.63. The van der Waals surface area contributed by atoms with Crippen LogP contribution in [-0.2, 0) is 11.3 Å². The van der Waals surface area contributed by atoms with Crippen LogP contribution < -0.4 is 5.32 Å². The van der Waals surface area contributed by atoms with Crippen LogP contribution in [0.5, 0.6) is 0 Å². The number of rotatable bonds is 8. The number of aromatic nitrogens is 2. The first-order chi connectivity index (χ1) is 13.0. The van der Waals surface area contributed by atoms with Crippen molar-refractivity contribution in [3.63, 3.8) is 0 Å². The van der Waals surface area contributed by atoms with Gasteiger partial charge in [0.15, 0.2) is 0 Å². The van der Waals surface area contributed by atoms with Gasteiger partial charge in [-0.2, -0.15) is 0 Å². The predicted octanol–water partition coefficient (Wildman–Crippen LogP) is 3.70. The highest BCUT2D eigenvalue weighted by atomic mass is 32.1. The lowest BCUT2D eigenvalue weighted by atomic mass is 10.1. The van der Waals surface area contributed by atoms with E-state index in [2.05, 4.69) is 22.2 Å². The van der Waals surface area contributed by atoms with Gasteiger partial charge in [-0.05, 0) is 31.0 Å². The Morgan fingerprint density at radius 3 is 2.93 bits per heavy atom. The molecule has 1 atom stereocenters. The van der Waals surface area contributed by atoms with Crippen LogP contribution in [0.3, 0.4) is 0 Å². The number of carbonyl (C=O) groups is 1. The third-order valence-electron chi connectivity index (χ3n) is 4.44. The van der Waals surface area contributed by atoms with Gasteiger partial charge in [0.1, 0.15) is 22.7 Å². The molecule has 3 rings (SSSR count). The SMILES string of the molecule is CCC(COC)Nc1ncnc2sc(C(=O)N(C)Cc3ccco3)c(C)c12. The number of furan rings is 1. The Bertz CT molecular complexity index is 907. The number of carbonyl (C=O) groups excluding carboxylic acids is 1. The van der Waals surface area contributed by atoms with Gasteiger partial charge in [0.05, 0.1) is 35.7 Å². The zero-order valence-corrected chi connectivity index (χ0v) is 16.8. The van der Waals surface area contributed by atoms with E-state index >= 15 is 0 Å². The molecule has 144 valence electrons. The maximum Gasteiger partial charge on any atom is 0.264 e. The average Bonchev–Trinajstić information content (AvgIpc) is 3.29. The largest absolute Gasteiger partial charge is 0.467 e. The van der Waals surface area contributed by atoms with E-state index in [-0.39, 0.29) is 11.9 Å². The first-order valence-electron chi connectivity index (χ1n) is 8.82. The topological polar surface area (TPSA) is 80.5 Å². The molecule has 0 aliphatic rings. The molecule has 0 bridgehead atoms. The van der Waals surface area contributed by atoms with Gasteiger partial charge in [0.25, 0.3) is 5.91 Å². The lowest BCUT2D eigenvalue weighted by Crippen LogP contribution is -2.26. The molecule has 0 saturated carbocycles. The van der Waals surface area contributed by atoms with Gasteiger partial charge in [-0.25, -0.2) is 9.97 Å². The zero-order chi connectivity index (χ0) is 19.4. The number of hydrogen-bond donors (Lipinski definition) is 1. The highest BCUT2D eigenvalue weighted by Crippen LogP contribution is 2.34. The van der Waals surface area contributed by atoms with Crippen molar-refractivity contribution in [2.75, 3.05) is 26.1 Å². The molecule has 7 nitrogen and oxygen atoms in total. The number of ether oxygens (including phenoxy) is 1. The first-order valence-corrected chi connectivity index (χ1v) is 9.64. The van der Waals surface area contributed by atoms with Crippen LogP contribution >= 0.6 is 11.3 Å². The lowest BCUT2D eigenvalue weighted by molar-refractivity contribution is 0.0779. The van der Waals surface area contributed by atoms with E-state index in [0.29, 0.717) is 18.0 Å². The van der Waals surface area contributed by atoms with Crippen molar-refractivity contribution >= 4 is 33.3 Å². The number of nitrogens with one attached hydrogen (secondary N) is 1. The molecular weight excluding hydrogens is 364 g/mol. The minimum absolute atomic E-state index is 0.0539. The van der Waals surface area contributed by atoms with Gasteiger partial charge in [-0.3, -0.25) is 4.79 Å². The molecule has 27 heavy (non-hydrogen) atoms. The molecule has 3 aromatic heterocycles. The molecule has 0 spiro atoms. The smallest absolute Gasteiger partial charge is 0.264 e. The average molecular weight is 388 g/mol. The van der Waals surface area contributed by atoms with Gasteiger partial charge < -0.3 is 19.4 Å². The van der Waals surface area contributed by atoms with Crippen molar-refractivity contribution < 1.29 is 13.9 Å². The van der Waals surface area contributed by atoms with Gasteiger partial charge >= 0.3 is 0 Å². The zero-order valence-electron chi connectivity index (χ0n) is 16.0. The highest BCUT2D eigenvalue weighted by molar-refractivity contribution is 7.20. The fourth-order valence-corrected chi connectivity index (χ4v) is 4.07. The van der Waals surface area contributed by atoms with Crippen molar-refractivity contribution in [3.8, 4) is 0 Å². The fourth-order valence-electron chi connectivity index (χ4n) is 2.92. The molecule has 0 radical (unpaired) electrons. The van der Waals surface area contributed by atoms with Gasteiger partial charge in [-0.15, -0.1) is 11.3 Å². The number of aryl methyl sites for hydroxylation is 1. The van der Waals surface area contributed by atoms with Crippen LogP contribution in [0.4, 0.5) is 5.82 Å². The van der Waals surface area contributed by atoms with Crippen molar-refractivity contribution in [2.45, 2.75) is 32.9 Å². The van der Waals surface area contributed by atoms with Crippen LogP contribution in [0.25, 0.3) is 10.2 Å². The normalized spacial score (nSPS) is 12.3. The molecular formula is C19H24N4O3S. The van der Waals surface area contributed by atoms with Gasteiger partial charge in [0.2, 0.25) is 0 Å². The molecule has 1 amide bonds. The van der Waals surface area contributed by atoms with E-state index in [0.717, 1.165) is 33.8 Å². The molecule has 3 aromatic rings. The van der Waals surface area contributed by atoms with E-state index < -0.39 is 0 Å². The summed E-state index contributed by atoms with van der Waals surface area (Å²) in [5, 5.41) is 4.32. The number of methoxy groups -OCH3 is 1. The summed E-state index contributed by atoms with van der Waals surface area (Å²) in [5.74, 6) is 1.43. The second-order valence-electron chi connectivity index (χ2n) is 6.40. The molecule has 0 aliphatic heterocycles. The Labute approximate surface area is 162 Å². The summed E-state index contributed by atoms with van der Waals surface area (Å²) in [7, 11) is 3.45. The summed E-state index contributed by atoms with van der Waals surface area (Å²) in [6.45, 7) is 5.04. The van der Waals surface area contributed by atoms with Crippen molar-refractivity contribution in [3.05, 3.63) is 40.9 Å². The standard InChI is InChI=1S/C19H24N4O3S/c1-5-13(10-25-4)22-17-15-12(2)16(27-18(15)21-11-20-17)19(24)23(3)9-14-7-6-8-26-14/h6-8,11,13H,5,9-10H2,1-4H3,(H,20,21,22). The Hall–Kier alpha value is -2.45. The fraction of sp³-hybridized carbons (Fsp3) is 0.421. The Balaban J connectivity index is 1.90. The minimum Gasteiger partial charge on any atom is -0.467 e. The summed E-state index contributed by atoms with van der Waals surface area (Å²) >= 11 is 1.39. The summed E-state index contributed by atoms with van der Waals surface area (Å²) < 4.78 is 10.6. The molecule has 0 fully saturated rings. The second-order valence-corrected chi connectivity index (χ2v) is 7.40. The summed E-state index contributed by atoms with van der Waals surface area (Å²) in [5.41, 5.74) is 0.890. The third kappa shape index (κ3) is 4.12. The quantitative estimate of drug-likeness (QED) is 0.634. The van der Waals surface area contributed by atoms with Crippen LogP contribution in [0.15, 0.2) is 29.1 Å². The van der Waals surface area contributed by atoms with E-state index in [9.17, 15) is 4.79 Å². The summed E-state index contributed by atoms with van der Waals surface area (Å²) in [6, 6.07) is 3.82. The maximum atomic E-state index is 13.0. The Kier molecular flexibility index (Phi) is 6.08. The minimum atomic E-state index is -0.0539. The Morgan fingerprint density at radius 1 is 1.44 bits per heavy atom. The van der Waals surface area contributed by atoms with Crippen LogP contribution in [0, 0.1) is 6.92 Å². The first kappa shape index (κ1) is 19.3. The van der Waals surface area contributed by atoms with Crippen molar-refractivity contribution in [1.29, 1.82) is 0 Å². The maximum absolute atomic E-state index is 13.0. The summed E-state index contributed by atoms with van der Waals surface area (Å²) in [6.07, 6.45) is 4.04. The van der Waals surface area contributed by atoms with Crippen LogP contribution in [0.1, 0.15) is 34.3 Å². The van der Waals surface area contributed by atoms with Gasteiger partial charge in [0, 0.05) is 14.2 Å².